The van der Waals surface area contributed by atoms with Gasteiger partial charge in [-0.15, -0.1) is 6.58 Å². The minimum absolute atomic E-state index is 0.0636. The number of carbonyl (C=O) groups is 2. The molecule has 0 aromatic heterocycles. The van der Waals surface area contributed by atoms with Crippen LogP contribution in [0.2, 0.25) is 0 Å². The van der Waals surface area contributed by atoms with E-state index in [1.165, 1.54) is 82.5 Å². The largest absolute Gasteiger partial charge is 0.465 e. The third kappa shape index (κ3) is 7.92. The van der Waals surface area contributed by atoms with Crippen molar-refractivity contribution >= 4 is 17.6 Å². The van der Waals surface area contributed by atoms with Gasteiger partial charge >= 0.3 is 12.1 Å². The Morgan fingerprint density at radius 3 is 2.20 bits per heavy atom. The Morgan fingerprint density at radius 1 is 0.875 bits per heavy atom. The van der Waals surface area contributed by atoms with Crippen LogP contribution in [0.4, 0.5) is 4.79 Å². The first-order valence-electron chi connectivity index (χ1n) is 22.6. The van der Waals surface area contributed by atoms with Gasteiger partial charge in [0, 0.05) is 25.2 Å². The van der Waals surface area contributed by atoms with Gasteiger partial charge in [0.15, 0.2) is 0 Å². The topological polar surface area (TPSA) is 67.9 Å². The molecule has 1 aromatic carbocycles. The predicted molar refractivity (Wildman–Crippen MR) is 232 cm³/mol. The number of amides is 1. The van der Waals surface area contributed by atoms with Gasteiger partial charge in [0.05, 0.1) is 12.7 Å². The Kier molecular flexibility index (Phi) is 13.5. The number of ether oxygens (including phenoxy) is 2. The molecule has 1 N–H and O–H groups in total. The van der Waals surface area contributed by atoms with Crippen LogP contribution in [0.1, 0.15) is 169 Å². The standard InChI is InChI=1S/C45H68N2O4.C3H6.C2H6/c1-40(2,3)51-39(49)47-27-11-12-30(29-47)28-46-45-22-10-13-35(45)34-18-19-37-42(6)23-20-33(31-14-16-32(17-15-31)38(48)50-9)41(4,5)36(42)21-24-44(37,8)43(34,7)25-26-45;1-3-2;1-2/h14-17,20,30,34-37,46H,10-13,18-19,21-29H2,1-9H3;3H,1H2,2H3;1-2H3/t30?,34?,35?,36?,37?,42?,43-,44?,45?;;/m1../s1. The second-order valence-electron chi connectivity index (χ2n) is 20.7. The van der Waals surface area contributed by atoms with Gasteiger partial charge in [0.25, 0.3) is 0 Å². The van der Waals surface area contributed by atoms with Gasteiger partial charge in [-0.1, -0.05) is 79.2 Å². The van der Waals surface area contributed by atoms with Crippen LogP contribution in [0.5, 0.6) is 0 Å². The van der Waals surface area contributed by atoms with Crippen molar-refractivity contribution in [1.29, 1.82) is 0 Å². The number of piperidine rings is 1. The van der Waals surface area contributed by atoms with Gasteiger partial charge in [-0.05, 0) is 173 Å². The van der Waals surface area contributed by atoms with E-state index in [1.807, 2.05) is 58.6 Å². The Hall–Kier alpha value is -2.60. The minimum Gasteiger partial charge on any atom is -0.465 e. The number of allylic oxidation sites excluding steroid dienone is 3. The molecule has 0 bridgehead atoms. The molecule has 314 valence electrons. The van der Waals surface area contributed by atoms with Crippen LogP contribution in [0.15, 0.2) is 43.0 Å². The molecule has 6 heteroatoms. The van der Waals surface area contributed by atoms with E-state index in [4.69, 9.17) is 9.47 Å². The number of likely N-dealkylation sites (tertiary alicyclic amines) is 1. The number of fused-ring (bicyclic) bond motifs is 7. The summed E-state index contributed by atoms with van der Waals surface area (Å²) in [5.41, 5.74) is 4.18. The van der Waals surface area contributed by atoms with E-state index in [0.717, 1.165) is 50.2 Å². The maximum Gasteiger partial charge on any atom is 0.410 e. The zero-order valence-electron chi connectivity index (χ0n) is 37.7. The van der Waals surface area contributed by atoms with Gasteiger partial charge in [-0.3, -0.25) is 0 Å². The van der Waals surface area contributed by atoms with Crippen LogP contribution in [-0.2, 0) is 9.47 Å². The molecule has 9 atom stereocenters. The van der Waals surface area contributed by atoms with E-state index >= 15 is 0 Å². The van der Waals surface area contributed by atoms with Crippen molar-refractivity contribution in [2.75, 3.05) is 26.7 Å². The van der Waals surface area contributed by atoms with Gasteiger partial charge in [-0.2, -0.15) is 0 Å². The first kappa shape index (κ1) is 44.5. The number of hydrogen-bond donors (Lipinski definition) is 1. The van der Waals surface area contributed by atoms with E-state index in [1.54, 1.807) is 6.08 Å². The molecule has 8 unspecified atom stereocenters. The number of esters is 1. The van der Waals surface area contributed by atoms with Crippen molar-refractivity contribution in [2.45, 2.75) is 164 Å². The molecule has 1 aliphatic heterocycles. The molecule has 56 heavy (non-hydrogen) atoms. The molecule has 1 heterocycles. The fraction of sp³-hybridized carbons (Fsp3) is 0.760. The molecule has 1 aromatic rings. The molecule has 6 nitrogen and oxygen atoms in total. The van der Waals surface area contributed by atoms with Crippen LogP contribution >= 0.6 is 0 Å². The second-order valence-corrected chi connectivity index (χ2v) is 20.7. The zero-order valence-corrected chi connectivity index (χ0v) is 37.7. The van der Waals surface area contributed by atoms with Crippen molar-refractivity contribution < 1.29 is 19.1 Å². The van der Waals surface area contributed by atoms with E-state index in [2.05, 4.69) is 64.7 Å². The molecule has 0 radical (unpaired) electrons. The lowest BCUT2D eigenvalue weighted by Gasteiger charge is -2.72. The quantitative estimate of drug-likeness (QED) is 0.238. The van der Waals surface area contributed by atoms with Gasteiger partial charge in [-0.25, -0.2) is 9.59 Å². The summed E-state index contributed by atoms with van der Waals surface area (Å²) in [4.78, 5) is 27.0. The minimum atomic E-state index is -0.451. The summed E-state index contributed by atoms with van der Waals surface area (Å²) in [5.74, 6) is 3.13. The monoisotopic (exact) mass is 773 g/mol. The number of nitrogens with one attached hydrogen (secondary N) is 1. The number of benzene rings is 1. The average molecular weight is 773 g/mol. The number of nitrogens with zero attached hydrogens (tertiary/aromatic N) is 1. The number of hydrogen-bond acceptors (Lipinski definition) is 5. The SMILES string of the molecule is C=CC.CC.COC(=O)c1ccc(C2=CCC3(C)C(CCC4(C)C3CCC3C5CCCC5(NCC5CCCN(C(=O)OC(C)(C)C)C5)CC[C@]34C)C2(C)C)cc1. The molecule has 5 fully saturated rings. The fourth-order valence-corrected chi connectivity index (χ4v) is 13.9. The normalized spacial score (nSPS) is 37.0. The highest BCUT2D eigenvalue weighted by atomic mass is 16.6. The zero-order chi connectivity index (χ0) is 41.3. The first-order chi connectivity index (χ1) is 26.4. The van der Waals surface area contributed by atoms with Crippen LogP contribution < -0.4 is 5.32 Å². The lowest BCUT2D eigenvalue weighted by atomic mass is 9.33. The van der Waals surface area contributed by atoms with Crippen molar-refractivity contribution in [3.63, 3.8) is 0 Å². The molecule has 5 aliphatic carbocycles. The van der Waals surface area contributed by atoms with Gasteiger partial charge < -0.3 is 19.7 Å². The lowest BCUT2D eigenvalue weighted by Crippen LogP contribution is -2.67. The van der Waals surface area contributed by atoms with E-state index < -0.39 is 5.60 Å². The summed E-state index contributed by atoms with van der Waals surface area (Å²) in [6, 6.07) is 8.13. The lowest BCUT2D eigenvalue weighted by molar-refractivity contribution is -0.217. The summed E-state index contributed by atoms with van der Waals surface area (Å²) in [6.45, 7) is 31.0. The molecule has 0 spiro atoms. The summed E-state index contributed by atoms with van der Waals surface area (Å²) in [7, 11) is 1.45. The van der Waals surface area contributed by atoms with Gasteiger partial charge in [0.2, 0.25) is 0 Å². The van der Waals surface area contributed by atoms with E-state index in [-0.39, 0.29) is 28.4 Å². The van der Waals surface area contributed by atoms with Crippen molar-refractivity contribution in [3.8, 4) is 0 Å². The van der Waals surface area contributed by atoms with E-state index in [9.17, 15) is 9.59 Å². The maximum atomic E-state index is 12.9. The van der Waals surface area contributed by atoms with E-state index in [0.29, 0.717) is 28.2 Å². The van der Waals surface area contributed by atoms with Gasteiger partial charge in [0.1, 0.15) is 5.60 Å². The summed E-state index contributed by atoms with van der Waals surface area (Å²) in [6.07, 6.45) is 19.6. The molecule has 4 saturated carbocycles. The average Bonchev–Trinajstić information content (AvgIpc) is 3.59. The molecule has 7 rings (SSSR count). The second kappa shape index (κ2) is 16.9. The number of carbonyl (C=O) groups excluding carboxylic acids is 2. The third-order valence-corrected chi connectivity index (χ3v) is 16.5. The third-order valence-electron chi connectivity index (χ3n) is 16.5. The maximum absolute atomic E-state index is 12.9. The van der Waals surface area contributed by atoms with Crippen molar-refractivity contribution in [3.05, 3.63) is 54.1 Å². The highest BCUT2D eigenvalue weighted by molar-refractivity contribution is 5.90. The summed E-state index contributed by atoms with van der Waals surface area (Å²) >= 11 is 0. The van der Waals surface area contributed by atoms with Crippen molar-refractivity contribution in [1.82, 2.24) is 10.2 Å². The predicted octanol–water partition coefficient (Wildman–Crippen LogP) is 12.5. The number of methoxy groups -OCH3 is 1. The highest BCUT2D eigenvalue weighted by Gasteiger charge is 2.69. The van der Waals surface area contributed by atoms with Crippen LogP contribution in [0.3, 0.4) is 0 Å². The molecule has 1 saturated heterocycles. The highest BCUT2D eigenvalue weighted by Crippen LogP contribution is 2.76. The number of rotatable bonds is 5. The Balaban J connectivity index is 0.00000115. The van der Waals surface area contributed by atoms with Crippen molar-refractivity contribution in [2.24, 2.45) is 51.2 Å². The van der Waals surface area contributed by atoms with Crippen LogP contribution in [-0.4, -0.2) is 54.8 Å². The summed E-state index contributed by atoms with van der Waals surface area (Å²) in [5, 5.41) is 4.29. The van der Waals surface area contributed by atoms with Crippen LogP contribution in [0, 0.1) is 51.2 Å². The van der Waals surface area contributed by atoms with Crippen LogP contribution in [0.25, 0.3) is 5.57 Å². The molecule has 6 aliphatic rings. The first-order valence-corrected chi connectivity index (χ1v) is 22.6. The Labute approximate surface area is 342 Å². The molecular formula is C50H80N2O4. The fourth-order valence-electron chi connectivity index (χ4n) is 13.9. The molecule has 1 amide bonds. The Bertz CT molecular complexity index is 1570. The Morgan fingerprint density at radius 2 is 1.55 bits per heavy atom. The molecular weight excluding hydrogens is 693 g/mol. The summed E-state index contributed by atoms with van der Waals surface area (Å²) < 4.78 is 10.7. The smallest absolute Gasteiger partial charge is 0.410 e.